The van der Waals surface area contributed by atoms with Crippen molar-refractivity contribution < 1.29 is 19.1 Å². The van der Waals surface area contributed by atoms with Gasteiger partial charge in [-0.05, 0) is 55.0 Å². The summed E-state index contributed by atoms with van der Waals surface area (Å²) in [5.74, 6) is -0.119. The van der Waals surface area contributed by atoms with E-state index in [0.717, 1.165) is 0 Å². The molecule has 2 aromatic rings. The van der Waals surface area contributed by atoms with Crippen molar-refractivity contribution in [2.75, 3.05) is 12.4 Å². The first-order valence-electron chi connectivity index (χ1n) is 7.45. The molecule has 0 fully saturated rings. The van der Waals surface area contributed by atoms with Gasteiger partial charge in [-0.15, -0.1) is 0 Å². The summed E-state index contributed by atoms with van der Waals surface area (Å²) in [6.07, 6.45) is -0.124. The first-order valence-corrected chi connectivity index (χ1v) is 7.82. The molecule has 1 amide bonds. The molecule has 0 aliphatic heterocycles. The summed E-state index contributed by atoms with van der Waals surface area (Å²) < 4.78 is 10.3. The number of methoxy groups -OCH3 is 1. The van der Waals surface area contributed by atoms with Crippen LogP contribution in [-0.2, 0) is 9.53 Å². The van der Waals surface area contributed by atoms with Gasteiger partial charge in [-0.1, -0.05) is 18.5 Å². The zero-order chi connectivity index (χ0) is 17.5. The van der Waals surface area contributed by atoms with E-state index in [-0.39, 0.29) is 5.91 Å². The van der Waals surface area contributed by atoms with E-state index in [1.54, 1.807) is 48.5 Å². The quantitative estimate of drug-likeness (QED) is 0.804. The Bertz CT molecular complexity index is 698. The molecule has 0 saturated heterocycles. The number of halogens is 1. The second kappa shape index (κ2) is 8.36. The minimum atomic E-state index is -0.633. The molecule has 2 rings (SSSR count). The molecule has 0 aromatic heterocycles. The molecule has 5 nitrogen and oxygen atoms in total. The lowest BCUT2D eigenvalue weighted by atomic mass is 10.2. The van der Waals surface area contributed by atoms with Crippen LogP contribution < -0.4 is 10.1 Å². The zero-order valence-corrected chi connectivity index (χ0v) is 14.2. The summed E-state index contributed by atoms with van der Waals surface area (Å²) in [6.45, 7) is 1.86. The largest absolute Gasteiger partial charge is 0.481 e. The lowest BCUT2D eigenvalue weighted by molar-refractivity contribution is -0.122. The van der Waals surface area contributed by atoms with Gasteiger partial charge in [0.25, 0.3) is 5.91 Å². The molecule has 1 N–H and O–H groups in total. The van der Waals surface area contributed by atoms with Crippen LogP contribution in [0.2, 0.25) is 5.02 Å². The lowest BCUT2D eigenvalue weighted by Crippen LogP contribution is -2.32. The highest BCUT2D eigenvalue weighted by molar-refractivity contribution is 6.30. The molecule has 0 spiro atoms. The van der Waals surface area contributed by atoms with Crippen LogP contribution in [0.5, 0.6) is 5.75 Å². The summed E-state index contributed by atoms with van der Waals surface area (Å²) in [5, 5.41) is 3.37. The average Bonchev–Trinajstić information content (AvgIpc) is 2.61. The lowest BCUT2D eigenvalue weighted by Gasteiger charge is -2.17. The number of anilines is 1. The SMILES string of the molecule is CC[C@@H](Oc1ccc(Cl)cc1)C(=O)Nc1ccc(C(=O)OC)cc1. The number of esters is 1. The Morgan fingerprint density at radius 1 is 1.08 bits per heavy atom. The number of hydrogen-bond donors (Lipinski definition) is 1. The molecule has 0 heterocycles. The highest BCUT2D eigenvalue weighted by Gasteiger charge is 2.18. The van der Waals surface area contributed by atoms with Crippen LogP contribution in [0, 0.1) is 0 Å². The Balaban J connectivity index is 2.00. The summed E-state index contributed by atoms with van der Waals surface area (Å²) in [6, 6.07) is 13.3. The highest BCUT2D eigenvalue weighted by Crippen LogP contribution is 2.18. The van der Waals surface area contributed by atoms with Crippen molar-refractivity contribution in [1.29, 1.82) is 0 Å². The van der Waals surface area contributed by atoms with Crippen LogP contribution in [0.3, 0.4) is 0 Å². The maximum absolute atomic E-state index is 12.3. The van der Waals surface area contributed by atoms with Gasteiger partial charge in [0.05, 0.1) is 12.7 Å². The van der Waals surface area contributed by atoms with Crippen LogP contribution >= 0.6 is 11.6 Å². The number of hydrogen-bond acceptors (Lipinski definition) is 4. The van der Waals surface area contributed by atoms with Crippen molar-refractivity contribution >= 4 is 29.2 Å². The fourth-order valence-corrected chi connectivity index (χ4v) is 2.16. The zero-order valence-electron chi connectivity index (χ0n) is 13.4. The second-order valence-corrected chi connectivity index (χ2v) is 5.46. The van der Waals surface area contributed by atoms with E-state index in [9.17, 15) is 9.59 Å². The minimum Gasteiger partial charge on any atom is -0.481 e. The number of amides is 1. The standard InChI is InChI=1S/C18H18ClNO4/c1-3-16(24-15-10-6-13(19)7-11-15)17(21)20-14-8-4-12(5-9-14)18(22)23-2/h4-11,16H,3H2,1-2H3,(H,20,21)/t16-/m1/s1. The molecule has 0 radical (unpaired) electrons. The summed E-state index contributed by atoms with van der Waals surface area (Å²) in [4.78, 5) is 23.7. The average molecular weight is 348 g/mol. The smallest absolute Gasteiger partial charge is 0.337 e. The third-order valence-electron chi connectivity index (χ3n) is 3.33. The monoisotopic (exact) mass is 347 g/mol. The molecule has 126 valence electrons. The number of benzene rings is 2. The normalized spacial score (nSPS) is 11.5. The van der Waals surface area contributed by atoms with E-state index in [1.165, 1.54) is 7.11 Å². The molecule has 24 heavy (non-hydrogen) atoms. The van der Waals surface area contributed by atoms with Gasteiger partial charge in [-0.3, -0.25) is 4.79 Å². The Hall–Kier alpha value is -2.53. The molecule has 0 aliphatic carbocycles. The third kappa shape index (κ3) is 4.73. The Morgan fingerprint density at radius 3 is 2.25 bits per heavy atom. The summed E-state index contributed by atoms with van der Waals surface area (Å²) in [7, 11) is 1.32. The van der Waals surface area contributed by atoms with Crippen LogP contribution in [0.4, 0.5) is 5.69 Å². The van der Waals surface area contributed by atoms with Crippen molar-refractivity contribution in [2.24, 2.45) is 0 Å². The van der Waals surface area contributed by atoms with Crippen LogP contribution in [0.15, 0.2) is 48.5 Å². The number of nitrogens with one attached hydrogen (secondary N) is 1. The first kappa shape index (κ1) is 17.8. The van der Waals surface area contributed by atoms with E-state index >= 15 is 0 Å². The fraction of sp³-hybridized carbons (Fsp3) is 0.222. The fourth-order valence-electron chi connectivity index (χ4n) is 2.03. The Morgan fingerprint density at radius 2 is 1.71 bits per heavy atom. The molecule has 0 unspecified atom stereocenters. The molecule has 1 atom stereocenters. The molecule has 0 aliphatic rings. The van der Waals surface area contributed by atoms with Gasteiger partial charge in [0.15, 0.2) is 6.10 Å². The van der Waals surface area contributed by atoms with Gasteiger partial charge in [0.1, 0.15) is 5.75 Å². The van der Waals surface area contributed by atoms with E-state index in [4.69, 9.17) is 16.3 Å². The van der Waals surface area contributed by atoms with E-state index in [0.29, 0.717) is 28.4 Å². The Labute approximate surface area is 145 Å². The second-order valence-electron chi connectivity index (χ2n) is 5.03. The van der Waals surface area contributed by atoms with Crippen molar-refractivity contribution in [1.82, 2.24) is 0 Å². The minimum absolute atomic E-state index is 0.265. The molecular formula is C18H18ClNO4. The van der Waals surface area contributed by atoms with E-state index in [2.05, 4.69) is 10.1 Å². The van der Waals surface area contributed by atoms with Crippen molar-refractivity contribution in [3.63, 3.8) is 0 Å². The molecule has 0 saturated carbocycles. The molecule has 2 aromatic carbocycles. The number of ether oxygens (including phenoxy) is 2. The van der Waals surface area contributed by atoms with Gasteiger partial charge in [0.2, 0.25) is 0 Å². The van der Waals surface area contributed by atoms with Crippen LogP contribution in [0.1, 0.15) is 23.7 Å². The van der Waals surface area contributed by atoms with Gasteiger partial charge in [0, 0.05) is 10.7 Å². The van der Waals surface area contributed by atoms with Crippen LogP contribution in [0.25, 0.3) is 0 Å². The van der Waals surface area contributed by atoms with E-state index in [1.807, 2.05) is 6.92 Å². The predicted octanol–water partition coefficient (Wildman–Crippen LogP) is 3.92. The van der Waals surface area contributed by atoms with Crippen molar-refractivity contribution in [3.8, 4) is 5.75 Å². The van der Waals surface area contributed by atoms with Crippen molar-refractivity contribution in [3.05, 3.63) is 59.1 Å². The summed E-state index contributed by atoms with van der Waals surface area (Å²) in [5.41, 5.74) is 0.991. The highest BCUT2D eigenvalue weighted by atomic mass is 35.5. The van der Waals surface area contributed by atoms with Gasteiger partial charge in [-0.2, -0.15) is 0 Å². The number of carbonyl (C=O) groups is 2. The predicted molar refractivity (Wildman–Crippen MR) is 92.6 cm³/mol. The van der Waals surface area contributed by atoms with Gasteiger partial charge < -0.3 is 14.8 Å². The molecular weight excluding hydrogens is 330 g/mol. The maximum Gasteiger partial charge on any atom is 0.337 e. The van der Waals surface area contributed by atoms with Gasteiger partial charge >= 0.3 is 5.97 Å². The summed E-state index contributed by atoms with van der Waals surface area (Å²) >= 11 is 5.83. The third-order valence-corrected chi connectivity index (χ3v) is 3.58. The number of carbonyl (C=O) groups excluding carboxylic acids is 2. The Kier molecular flexibility index (Phi) is 6.21. The van der Waals surface area contributed by atoms with E-state index < -0.39 is 12.1 Å². The van der Waals surface area contributed by atoms with Crippen molar-refractivity contribution in [2.45, 2.75) is 19.4 Å². The topological polar surface area (TPSA) is 64.6 Å². The molecule has 6 heteroatoms. The number of rotatable bonds is 6. The maximum atomic E-state index is 12.3. The molecule has 0 bridgehead atoms. The van der Waals surface area contributed by atoms with Crippen LogP contribution in [-0.4, -0.2) is 25.1 Å². The first-order chi connectivity index (χ1) is 11.5. The van der Waals surface area contributed by atoms with Gasteiger partial charge in [-0.25, -0.2) is 4.79 Å².